The van der Waals surface area contributed by atoms with Crippen molar-refractivity contribution in [1.29, 1.82) is 0 Å². The van der Waals surface area contributed by atoms with Crippen molar-refractivity contribution in [2.75, 3.05) is 43.0 Å². The molecule has 5 heterocycles. The molecule has 2 bridgehead atoms. The fourth-order valence-corrected chi connectivity index (χ4v) is 6.11. The largest absolute Gasteiger partial charge is 0.359 e. The molecule has 0 saturated carbocycles. The minimum Gasteiger partial charge on any atom is -0.359 e. The number of benzene rings is 1. The van der Waals surface area contributed by atoms with Gasteiger partial charge in [0.25, 0.3) is 5.91 Å². The molecule has 2 fully saturated rings. The van der Waals surface area contributed by atoms with Crippen molar-refractivity contribution in [2.45, 2.75) is 63.5 Å². The number of nitrogens with two attached hydrogens (primary N) is 1. The zero-order valence-corrected chi connectivity index (χ0v) is 21.6. The predicted octanol–water partition coefficient (Wildman–Crippen LogP) is 3.94. The van der Waals surface area contributed by atoms with Crippen molar-refractivity contribution in [3.63, 3.8) is 0 Å². The lowest BCUT2D eigenvalue weighted by Crippen LogP contribution is -2.39. The predicted molar refractivity (Wildman–Crippen MR) is 143 cm³/mol. The van der Waals surface area contributed by atoms with Crippen LogP contribution in [-0.2, 0) is 6.42 Å². The number of amides is 1. The van der Waals surface area contributed by atoms with E-state index in [4.69, 9.17) is 15.8 Å². The van der Waals surface area contributed by atoms with Gasteiger partial charge in [0.05, 0.1) is 11.7 Å². The van der Waals surface area contributed by atoms with Gasteiger partial charge < -0.3 is 20.4 Å². The van der Waals surface area contributed by atoms with Gasteiger partial charge in [0.15, 0.2) is 5.65 Å². The minimum atomic E-state index is -0.365. The summed E-state index contributed by atoms with van der Waals surface area (Å²) < 4.78 is 16.2. The van der Waals surface area contributed by atoms with E-state index in [-0.39, 0.29) is 23.8 Å². The lowest BCUT2D eigenvalue weighted by Gasteiger charge is -2.35. The average Bonchev–Trinajstić information content (AvgIpc) is 3.53. The lowest BCUT2D eigenvalue weighted by molar-refractivity contribution is 0.0604. The normalized spacial score (nSPS) is 23.2. The number of hydrogen-bond acceptors (Lipinski definition) is 6. The summed E-state index contributed by atoms with van der Waals surface area (Å²) >= 11 is 0. The Hall–Kier alpha value is -3.20. The van der Waals surface area contributed by atoms with Gasteiger partial charge in [-0.25, -0.2) is 9.37 Å². The smallest absolute Gasteiger partial charge is 0.254 e. The van der Waals surface area contributed by atoms with Gasteiger partial charge in [0.1, 0.15) is 17.5 Å². The number of aryl methyl sites for hydroxylation is 1. The minimum absolute atomic E-state index is 0.0943. The average molecular weight is 506 g/mol. The molecule has 6 rings (SSSR count). The molecule has 0 aliphatic carbocycles. The Kier molecular flexibility index (Phi) is 6.48. The summed E-state index contributed by atoms with van der Waals surface area (Å²) in [5.41, 5.74) is 9.26. The maximum absolute atomic E-state index is 14.3. The first-order chi connectivity index (χ1) is 18.0. The second kappa shape index (κ2) is 9.93. The Labute approximate surface area is 217 Å². The molecule has 0 spiro atoms. The van der Waals surface area contributed by atoms with Gasteiger partial charge >= 0.3 is 0 Å². The van der Waals surface area contributed by atoms with Gasteiger partial charge in [-0.15, -0.1) is 0 Å². The lowest BCUT2D eigenvalue weighted by atomic mass is 9.95. The van der Waals surface area contributed by atoms with Crippen LogP contribution < -0.4 is 15.5 Å². The van der Waals surface area contributed by atoms with Gasteiger partial charge in [-0.2, -0.15) is 9.61 Å². The Morgan fingerprint density at radius 2 is 1.86 bits per heavy atom. The van der Waals surface area contributed by atoms with Crippen LogP contribution in [0.25, 0.3) is 5.65 Å². The van der Waals surface area contributed by atoms with Crippen LogP contribution in [0.1, 0.15) is 72.6 Å². The van der Waals surface area contributed by atoms with Crippen LogP contribution in [0.5, 0.6) is 0 Å². The van der Waals surface area contributed by atoms with Gasteiger partial charge in [-0.05, 0) is 62.6 Å². The number of nitrogens with zero attached hydrogens (tertiary/aromatic N) is 6. The van der Waals surface area contributed by atoms with Crippen LogP contribution in [0.4, 0.5) is 16.0 Å². The van der Waals surface area contributed by atoms with Crippen LogP contribution in [0.3, 0.4) is 0 Å². The molecular formula is C28H36FN7O. The van der Waals surface area contributed by atoms with Crippen molar-refractivity contribution < 1.29 is 9.18 Å². The molecule has 3 aliphatic heterocycles. The third-order valence-corrected chi connectivity index (χ3v) is 8.20. The maximum atomic E-state index is 14.3. The molecule has 2 saturated heterocycles. The second-order valence-corrected chi connectivity index (χ2v) is 10.9. The zero-order valence-electron chi connectivity index (χ0n) is 21.6. The zero-order chi connectivity index (χ0) is 25.5. The Morgan fingerprint density at radius 3 is 2.70 bits per heavy atom. The standard InChI is InChI=1S/C28H36FN7O/c1-33-12-5-2-3-7-19-9-10-20(29)15-22(19)28(37)35-13-6-4-8-24(35)23-16-26-31-25(17-27(33)36(26)32-23)34-14-11-21(30)18-34/h9-10,15-17,21,24H,2-8,11-14,18,30H2,1H3. The third kappa shape index (κ3) is 4.65. The highest BCUT2D eigenvalue weighted by atomic mass is 19.1. The summed E-state index contributed by atoms with van der Waals surface area (Å²) in [6.07, 6.45) is 7.52. The summed E-state index contributed by atoms with van der Waals surface area (Å²) in [4.78, 5) is 25.3. The van der Waals surface area contributed by atoms with E-state index in [2.05, 4.69) is 22.9 Å². The molecule has 2 aromatic heterocycles. The molecule has 2 unspecified atom stereocenters. The monoisotopic (exact) mass is 505 g/mol. The molecule has 0 radical (unpaired) electrons. The van der Waals surface area contributed by atoms with E-state index in [0.717, 1.165) is 99.5 Å². The van der Waals surface area contributed by atoms with Crippen LogP contribution in [0.15, 0.2) is 30.3 Å². The van der Waals surface area contributed by atoms with Crippen molar-refractivity contribution >= 4 is 23.2 Å². The van der Waals surface area contributed by atoms with E-state index >= 15 is 0 Å². The number of rotatable bonds is 1. The first-order valence-corrected chi connectivity index (χ1v) is 13.7. The Morgan fingerprint density at radius 1 is 1.00 bits per heavy atom. The van der Waals surface area contributed by atoms with E-state index < -0.39 is 0 Å². The number of aromatic nitrogens is 3. The number of carbonyl (C=O) groups is 1. The molecular weight excluding hydrogens is 469 g/mol. The molecule has 3 aliphatic rings. The van der Waals surface area contributed by atoms with Gasteiger partial charge in [-0.1, -0.05) is 12.5 Å². The van der Waals surface area contributed by atoms with Crippen LogP contribution in [0.2, 0.25) is 0 Å². The van der Waals surface area contributed by atoms with Gasteiger partial charge in [0.2, 0.25) is 0 Å². The summed E-state index contributed by atoms with van der Waals surface area (Å²) in [5.74, 6) is 1.47. The molecule has 1 aromatic carbocycles. The van der Waals surface area contributed by atoms with Crippen LogP contribution in [-0.4, -0.2) is 64.7 Å². The SMILES string of the molecule is CN1CCCCCc2ccc(F)cc2C(=O)N2CCCCC2c2cc3nc(N4CCC(N)C4)cc1n3n2. The topological polar surface area (TPSA) is 83.0 Å². The number of piperidine rings is 1. The first kappa shape index (κ1) is 24.2. The van der Waals surface area contributed by atoms with E-state index in [0.29, 0.717) is 12.1 Å². The number of fused-ring (bicyclic) bond motifs is 4. The van der Waals surface area contributed by atoms with Crippen molar-refractivity contribution in [1.82, 2.24) is 19.5 Å². The summed E-state index contributed by atoms with van der Waals surface area (Å²) in [6.45, 7) is 3.23. The van der Waals surface area contributed by atoms with Gasteiger partial charge in [-0.3, -0.25) is 4.79 Å². The van der Waals surface area contributed by atoms with Crippen molar-refractivity contribution in [3.05, 3.63) is 53.0 Å². The highest BCUT2D eigenvalue weighted by molar-refractivity contribution is 5.96. The first-order valence-electron chi connectivity index (χ1n) is 13.7. The fraction of sp³-hybridized carbons (Fsp3) is 0.536. The Bertz CT molecular complexity index is 1310. The van der Waals surface area contributed by atoms with Gasteiger partial charge in [0, 0.05) is 57.0 Å². The van der Waals surface area contributed by atoms with Crippen LogP contribution >= 0.6 is 0 Å². The molecule has 3 aromatic rings. The summed E-state index contributed by atoms with van der Waals surface area (Å²) in [6, 6.07) is 8.85. The number of halogens is 1. The number of hydrogen-bond donors (Lipinski definition) is 1. The van der Waals surface area contributed by atoms with E-state index in [1.54, 1.807) is 6.07 Å². The Balaban J connectivity index is 1.46. The summed E-state index contributed by atoms with van der Waals surface area (Å²) in [7, 11) is 2.11. The van der Waals surface area contributed by atoms with Crippen LogP contribution in [0, 0.1) is 5.82 Å². The molecule has 2 N–H and O–H groups in total. The third-order valence-electron chi connectivity index (χ3n) is 8.20. The van der Waals surface area contributed by atoms with Crippen molar-refractivity contribution in [2.24, 2.45) is 5.73 Å². The number of anilines is 2. The van der Waals surface area contributed by atoms with E-state index in [1.807, 2.05) is 15.5 Å². The molecule has 2 atom stereocenters. The molecule has 196 valence electrons. The van der Waals surface area contributed by atoms with E-state index in [9.17, 15) is 9.18 Å². The highest BCUT2D eigenvalue weighted by Crippen LogP contribution is 2.34. The molecule has 8 nitrogen and oxygen atoms in total. The molecule has 1 amide bonds. The molecule has 37 heavy (non-hydrogen) atoms. The summed E-state index contributed by atoms with van der Waals surface area (Å²) in [5, 5.41) is 5.03. The van der Waals surface area contributed by atoms with E-state index in [1.165, 1.54) is 12.1 Å². The molecule has 9 heteroatoms. The quantitative estimate of drug-likeness (QED) is 0.540. The second-order valence-electron chi connectivity index (χ2n) is 10.9. The maximum Gasteiger partial charge on any atom is 0.254 e. The number of carbonyl (C=O) groups excluding carboxylic acids is 1. The highest BCUT2D eigenvalue weighted by Gasteiger charge is 2.33. The van der Waals surface area contributed by atoms with Crippen molar-refractivity contribution in [3.8, 4) is 0 Å². The fourth-order valence-electron chi connectivity index (χ4n) is 6.11.